The highest BCUT2D eigenvalue weighted by Crippen LogP contribution is 2.27. The van der Waals surface area contributed by atoms with E-state index in [0.29, 0.717) is 31.2 Å². The van der Waals surface area contributed by atoms with E-state index in [1.807, 2.05) is 25.1 Å². The van der Waals surface area contributed by atoms with Gasteiger partial charge in [0.25, 0.3) is 0 Å². The lowest BCUT2D eigenvalue weighted by Crippen LogP contribution is -2.31. The van der Waals surface area contributed by atoms with Crippen LogP contribution >= 0.6 is 12.4 Å². The third-order valence-electron chi connectivity index (χ3n) is 3.03. The van der Waals surface area contributed by atoms with E-state index >= 15 is 0 Å². The zero-order chi connectivity index (χ0) is 15.7. The van der Waals surface area contributed by atoms with E-state index in [1.165, 1.54) is 0 Å². The van der Waals surface area contributed by atoms with Crippen molar-refractivity contribution in [3.8, 4) is 11.5 Å². The van der Waals surface area contributed by atoms with Gasteiger partial charge in [-0.2, -0.15) is 0 Å². The highest BCUT2D eigenvalue weighted by atomic mass is 35.5. The van der Waals surface area contributed by atoms with Crippen LogP contribution in [0.5, 0.6) is 11.5 Å². The summed E-state index contributed by atoms with van der Waals surface area (Å²) in [6, 6.07) is 5.57. The average molecular weight is 333 g/mol. The van der Waals surface area contributed by atoms with Crippen LogP contribution in [0.25, 0.3) is 0 Å². The van der Waals surface area contributed by atoms with Crippen LogP contribution in [-0.4, -0.2) is 39.4 Å². The number of hydrogen-bond donors (Lipinski definition) is 2. The molecule has 0 aromatic heterocycles. The standard InChI is InChI=1S/C15H24N2O4.ClH/c1-4-21-14-7-11(5-6-13(14)20-3)10-17-15(18)8-12(9-16)19-2;/h5-7,12H,4,8-10,16H2,1-3H3,(H,17,18);1H. The van der Waals surface area contributed by atoms with Crippen LogP contribution in [-0.2, 0) is 16.1 Å². The first kappa shape index (κ1) is 20.5. The van der Waals surface area contributed by atoms with Gasteiger partial charge in [0.05, 0.1) is 26.2 Å². The third kappa shape index (κ3) is 6.51. The quantitative estimate of drug-likeness (QED) is 0.716. The molecule has 0 heterocycles. The minimum atomic E-state index is -0.250. The number of hydrogen-bond acceptors (Lipinski definition) is 5. The summed E-state index contributed by atoms with van der Waals surface area (Å²) < 4.78 is 15.8. The highest BCUT2D eigenvalue weighted by molar-refractivity contribution is 5.85. The monoisotopic (exact) mass is 332 g/mol. The number of methoxy groups -OCH3 is 2. The molecule has 0 saturated heterocycles. The van der Waals surface area contributed by atoms with Gasteiger partial charge in [0, 0.05) is 20.2 Å². The summed E-state index contributed by atoms with van der Waals surface area (Å²) >= 11 is 0. The maximum absolute atomic E-state index is 11.8. The highest BCUT2D eigenvalue weighted by Gasteiger charge is 2.11. The van der Waals surface area contributed by atoms with Crippen LogP contribution in [0.4, 0.5) is 0 Å². The van der Waals surface area contributed by atoms with Gasteiger partial charge in [-0.3, -0.25) is 4.79 Å². The second-order valence-corrected chi connectivity index (χ2v) is 4.49. The SMILES string of the molecule is CCOc1cc(CNC(=O)CC(CN)OC)ccc1OC.Cl. The van der Waals surface area contributed by atoms with Crippen LogP contribution in [0.15, 0.2) is 18.2 Å². The van der Waals surface area contributed by atoms with Gasteiger partial charge in [-0.15, -0.1) is 12.4 Å². The van der Waals surface area contributed by atoms with E-state index in [-0.39, 0.29) is 30.8 Å². The molecule has 1 aromatic rings. The summed E-state index contributed by atoms with van der Waals surface area (Å²) in [7, 11) is 3.14. The minimum Gasteiger partial charge on any atom is -0.493 e. The Balaban J connectivity index is 0.00000441. The van der Waals surface area contributed by atoms with Crippen LogP contribution in [0.1, 0.15) is 18.9 Å². The summed E-state index contributed by atoms with van der Waals surface area (Å²) in [5.41, 5.74) is 6.43. The Labute approximate surface area is 137 Å². The van der Waals surface area contributed by atoms with E-state index in [0.717, 1.165) is 5.56 Å². The lowest BCUT2D eigenvalue weighted by atomic mass is 10.2. The first-order chi connectivity index (χ1) is 10.1. The fraction of sp³-hybridized carbons (Fsp3) is 0.533. The Morgan fingerprint density at radius 2 is 2.05 bits per heavy atom. The first-order valence-electron chi connectivity index (χ1n) is 6.93. The van der Waals surface area contributed by atoms with Crippen LogP contribution in [0, 0.1) is 0 Å². The number of benzene rings is 1. The molecular weight excluding hydrogens is 308 g/mol. The molecule has 0 spiro atoms. The van der Waals surface area contributed by atoms with Crippen molar-refractivity contribution < 1.29 is 19.0 Å². The Bertz CT molecular complexity index is 453. The molecule has 1 amide bonds. The molecule has 7 heteroatoms. The Kier molecular flexibility index (Phi) is 10.4. The number of carbonyl (C=O) groups is 1. The molecule has 0 saturated carbocycles. The maximum atomic E-state index is 11.8. The van der Waals surface area contributed by atoms with Crippen molar-refractivity contribution in [2.45, 2.75) is 26.0 Å². The van der Waals surface area contributed by atoms with Crippen LogP contribution in [0.2, 0.25) is 0 Å². The fourth-order valence-corrected chi connectivity index (χ4v) is 1.84. The summed E-state index contributed by atoms with van der Waals surface area (Å²) in [5.74, 6) is 1.25. The lowest BCUT2D eigenvalue weighted by molar-refractivity contribution is -0.123. The molecule has 1 aromatic carbocycles. The van der Waals surface area contributed by atoms with E-state index in [4.69, 9.17) is 19.9 Å². The molecule has 0 aliphatic heterocycles. The summed E-state index contributed by atoms with van der Waals surface area (Å²) in [4.78, 5) is 11.8. The molecule has 126 valence electrons. The molecule has 0 radical (unpaired) electrons. The van der Waals surface area contributed by atoms with Gasteiger partial charge in [-0.05, 0) is 24.6 Å². The van der Waals surface area contributed by atoms with Gasteiger partial charge < -0.3 is 25.3 Å². The molecular formula is C15H25ClN2O4. The average Bonchev–Trinajstić information content (AvgIpc) is 2.51. The molecule has 1 unspecified atom stereocenters. The number of nitrogens with one attached hydrogen (secondary N) is 1. The summed E-state index contributed by atoms with van der Waals surface area (Å²) in [6.45, 7) is 3.20. The van der Waals surface area contributed by atoms with Crippen molar-refractivity contribution in [3.63, 3.8) is 0 Å². The number of amides is 1. The van der Waals surface area contributed by atoms with Gasteiger partial charge in [0.15, 0.2) is 11.5 Å². The van der Waals surface area contributed by atoms with Gasteiger partial charge in [0.2, 0.25) is 5.91 Å². The van der Waals surface area contributed by atoms with Gasteiger partial charge in [-0.25, -0.2) is 0 Å². The lowest BCUT2D eigenvalue weighted by Gasteiger charge is -2.14. The van der Waals surface area contributed by atoms with E-state index < -0.39 is 0 Å². The Morgan fingerprint density at radius 3 is 2.59 bits per heavy atom. The molecule has 1 rings (SSSR count). The third-order valence-corrected chi connectivity index (χ3v) is 3.03. The van der Waals surface area contributed by atoms with Crippen LogP contribution < -0.4 is 20.5 Å². The number of carbonyl (C=O) groups excluding carboxylic acids is 1. The predicted molar refractivity (Wildman–Crippen MR) is 87.7 cm³/mol. The molecule has 1 atom stereocenters. The van der Waals surface area contributed by atoms with Crippen molar-refractivity contribution in [3.05, 3.63) is 23.8 Å². The van der Waals surface area contributed by atoms with Crippen LogP contribution in [0.3, 0.4) is 0 Å². The predicted octanol–water partition coefficient (Wildman–Crippen LogP) is 1.50. The van der Waals surface area contributed by atoms with E-state index in [9.17, 15) is 4.79 Å². The molecule has 22 heavy (non-hydrogen) atoms. The number of halogens is 1. The molecule has 6 nitrogen and oxygen atoms in total. The van der Waals surface area contributed by atoms with Crippen molar-refractivity contribution in [2.75, 3.05) is 27.4 Å². The molecule has 0 fully saturated rings. The zero-order valence-electron chi connectivity index (χ0n) is 13.3. The van der Waals surface area contributed by atoms with E-state index in [2.05, 4.69) is 5.32 Å². The topological polar surface area (TPSA) is 82.8 Å². The second-order valence-electron chi connectivity index (χ2n) is 4.49. The van der Waals surface area contributed by atoms with Gasteiger partial charge in [0.1, 0.15) is 0 Å². The normalized spacial score (nSPS) is 11.3. The molecule has 0 aliphatic carbocycles. The first-order valence-corrected chi connectivity index (χ1v) is 6.93. The maximum Gasteiger partial charge on any atom is 0.222 e. The number of rotatable bonds is 9. The van der Waals surface area contributed by atoms with Crippen molar-refractivity contribution in [1.29, 1.82) is 0 Å². The molecule has 0 bridgehead atoms. The van der Waals surface area contributed by atoms with E-state index in [1.54, 1.807) is 14.2 Å². The van der Waals surface area contributed by atoms with Gasteiger partial charge in [-0.1, -0.05) is 6.07 Å². The van der Waals surface area contributed by atoms with Gasteiger partial charge >= 0.3 is 0 Å². The molecule has 0 aliphatic rings. The minimum absolute atomic E-state index is 0. The summed E-state index contributed by atoms with van der Waals surface area (Å²) in [6.07, 6.45) is 0.00132. The fourth-order valence-electron chi connectivity index (χ4n) is 1.84. The zero-order valence-corrected chi connectivity index (χ0v) is 14.1. The Hall–Kier alpha value is -1.50. The number of ether oxygens (including phenoxy) is 3. The number of nitrogens with two attached hydrogens (primary N) is 1. The smallest absolute Gasteiger partial charge is 0.222 e. The second kappa shape index (κ2) is 11.1. The molecule has 3 N–H and O–H groups in total. The largest absolute Gasteiger partial charge is 0.493 e. The summed E-state index contributed by atoms with van der Waals surface area (Å²) in [5, 5.41) is 2.83. The van der Waals surface area contributed by atoms with Crippen molar-refractivity contribution >= 4 is 18.3 Å². The van der Waals surface area contributed by atoms with Crippen molar-refractivity contribution in [2.24, 2.45) is 5.73 Å². The van der Waals surface area contributed by atoms with Crippen molar-refractivity contribution in [1.82, 2.24) is 5.32 Å². The Morgan fingerprint density at radius 1 is 1.32 bits per heavy atom.